The number of aliphatic hydroxyl groups excluding tert-OH is 1. The Bertz CT molecular complexity index is 415. The highest BCUT2D eigenvalue weighted by Gasteiger charge is 2.51. The number of carbonyl (C=O) groups is 1. The van der Waals surface area contributed by atoms with E-state index in [-0.39, 0.29) is 0 Å². The van der Waals surface area contributed by atoms with E-state index in [9.17, 15) is 15.0 Å². The van der Waals surface area contributed by atoms with E-state index in [1.165, 1.54) is 11.8 Å². The fourth-order valence-electron chi connectivity index (χ4n) is 1.74. The van der Waals surface area contributed by atoms with Gasteiger partial charge in [-0.3, -0.25) is 4.79 Å². The highest BCUT2D eigenvalue weighted by atomic mass is 79.9. The summed E-state index contributed by atoms with van der Waals surface area (Å²) >= 11 is 4.70. The fraction of sp³-hybridized carbons (Fsp3) is 0.364. The Hall–Kier alpha value is -0.520. The zero-order chi connectivity index (χ0) is 11.8. The molecule has 0 spiro atoms. The van der Waals surface area contributed by atoms with Crippen molar-refractivity contribution in [3.05, 3.63) is 28.7 Å². The Kier molecular flexibility index (Phi) is 3.28. The van der Waals surface area contributed by atoms with Crippen LogP contribution in [0.25, 0.3) is 0 Å². The third kappa shape index (κ3) is 2.12. The van der Waals surface area contributed by atoms with Crippen LogP contribution in [0.5, 0.6) is 0 Å². The lowest BCUT2D eigenvalue weighted by Gasteiger charge is -2.41. The van der Waals surface area contributed by atoms with E-state index >= 15 is 0 Å². The SMILES string of the molecule is O=C(O)C1(Sc2ccccc2Br)CC(O)C1. The minimum absolute atomic E-state index is 0.314. The van der Waals surface area contributed by atoms with Crippen LogP contribution in [-0.2, 0) is 4.79 Å². The zero-order valence-corrected chi connectivity index (χ0v) is 10.8. The van der Waals surface area contributed by atoms with Gasteiger partial charge in [-0.1, -0.05) is 12.1 Å². The molecule has 0 atom stereocenters. The van der Waals surface area contributed by atoms with Crippen LogP contribution in [0.1, 0.15) is 12.8 Å². The Morgan fingerprint density at radius 2 is 2.06 bits per heavy atom. The second-order valence-electron chi connectivity index (χ2n) is 3.89. The minimum atomic E-state index is -0.858. The Balaban J connectivity index is 2.20. The maximum absolute atomic E-state index is 11.2. The normalized spacial score (nSPS) is 28.5. The molecule has 1 fully saturated rings. The first-order chi connectivity index (χ1) is 7.53. The van der Waals surface area contributed by atoms with Crippen LogP contribution < -0.4 is 0 Å². The van der Waals surface area contributed by atoms with E-state index in [0.29, 0.717) is 12.8 Å². The van der Waals surface area contributed by atoms with E-state index in [1.807, 2.05) is 24.3 Å². The first-order valence-electron chi connectivity index (χ1n) is 4.88. The average Bonchev–Trinajstić information content (AvgIpc) is 2.18. The quantitative estimate of drug-likeness (QED) is 0.901. The highest BCUT2D eigenvalue weighted by Crippen LogP contribution is 2.49. The summed E-state index contributed by atoms with van der Waals surface area (Å²) in [5.41, 5.74) is 0. The standard InChI is InChI=1S/C11H11BrO3S/c12-8-3-1-2-4-9(8)16-11(10(14)15)5-7(13)6-11/h1-4,7,13H,5-6H2,(H,14,15). The highest BCUT2D eigenvalue weighted by molar-refractivity contribution is 9.10. The van der Waals surface area contributed by atoms with Crippen molar-refractivity contribution in [3.8, 4) is 0 Å². The molecule has 1 aliphatic carbocycles. The first-order valence-corrected chi connectivity index (χ1v) is 6.49. The number of carboxylic acids is 1. The summed E-state index contributed by atoms with van der Waals surface area (Å²) in [4.78, 5) is 12.1. The molecule has 1 aromatic carbocycles. The lowest BCUT2D eigenvalue weighted by molar-refractivity contribution is -0.145. The number of benzene rings is 1. The summed E-state index contributed by atoms with van der Waals surface area (Å²) in [6.07, 6.45) is 0.147. The lowest BCUT2D eigenvalue weighted by atomic mass is 9.81. The summed E-state index contributed by atoms with van der Waals surface area (Å²) in [6.45, 7) is 0. The van der Waals surface area contributed by atoms with Crippen molar-refractivity contribution in [1.29, 1.82) is 0 Å². The van der Waals surface area contributed by atoms with Crippen LogP contribution in [0.2, 0.25) is 0 Å². The van der Waals surface area contributed by atoms with Crippen molar-refractivity contribution in [2.45, 2.75) is 28.6 Å². The molecule has 2 N–H and O–H groups in total. The van der Waals surface area contributed by atoms with Crippen molar-refractivity contribution in [1.82, 2.24) is 0 Å². The van der Waals surface area contributed by atoms with Gasteiger partial charge in [0.2, 0.25) is 0 Å². The molecule has 0 aliphatic heterocycles. The Labute approximate surface area is 106 Å². The van der Waals surface area contributed by atoms with E-state index in [4.69, 9.17) is 0 Å². The number of rotatable bonds is 3. The molecule has 1 saturated carbocycles. The van der Waals surface area contributed by atoms with Gasteiger partial charge < -0.3 is 10.2 Å². The maximum atomic E-state index is 11.2. The van der Waals surface area contributed by atoms with Crippen LogP contribution in [0.15, 0.2) is 33.6 Å². The smallest absolute Gasteiger partial charge is 0.320 e. The van der Waals surface area contributed by atoms with Crippen LogP contribution in [0.3, 0.4) is 0 Å². The molecule has 0 saturated heterocycles. The van der Waals surface area contributed by atoms with E-state index < -0.39 is 16.8 Å². The van der Waals surface area contributed by atoms with E-state index in [1.54, 1.807) is 0 Å². The molecular formula is C11H11BrO3S. The predicted octanol–water partition coefficient (Wildman–Crippen LogP) is 2.52. The predicted molar refractivity (Wildman–Crippen MR) is 65.6 cm³/mol. The molecule has 0 amide bonds. The van der Waals surface area contributed by atoms with Gasteiger partial charge in [-0.05, 0) is 40.9 Å². The van der Waals surface area contributed by atoms with Crippen LogP contribution in [0.4, 0.5) is 0 Å². The van der Waals surface area contributed by atoms with E-state index in [0.717, 1.165) is 9.37 Å². The fourth-order valence-corrected chi connectivity index (χ4v) is 3.64. The first kappa shape index (κ1) is 12.0. The molecule has 0 bridgehead atoms. The molecule has 2 rings (SSSR count). The number of aliphatic carboxylic acids is 1. The zero-order valence-electron chi connectivity index (χ0n) is 8.39. The third-order valence-corrected chi connectivity index (χ3v) is 5.09. The third-order valence-electron chi connectivity index (χ3n) is 2.66. The van der Waals surface area contributed by atoms with E-state index in [2.05, 4.69) is 15.9 Å². The Morgan fingerprint density at radius 1 is 1.44 bits per heavy atom. The summed E-state index contributed by atoms with van der Waals surface area (Å²) in [6, 6.07) is 7.52. The summed E-state index contributed by atoms with van der Waals surface area (Å²) in [5.74, 6) is -0.849. The molecular weight excluding hydrogens is 292 g/mol. The van der Waals surface area contributed by atoms with Gasteiger partial charge in [0.1, 0.15) is 4.75 Å². The molecule has 1 aromatic rings. The van der Waals surface area contributed by atoms with Gasteiger partial charge in [-0.15, -0.1) is 11.8 Å². The molecule has 3 nitrogen and oxygen atoms in total. The largest absolute Gasteiger partial charge is 0.480 e. The molecule has 5 heteroatoms. The van der Waals surface area contributed by atoms with Gasteiger partial charge in [0.15, 0.2) is 0 Å². The van der Waals surface area contributed by atoms with Crippen molar-refractivity contribution in [2.75, 3.05) is 0 Å². The van der Waals surface area contributed by atoms with Crippen molar-refractivity contribution in [2.24, 2.45) is 0 Å². The Morgan fingerprint density at radius 3 is 2.56 bits per heavy atom. The minimum Gasteiger partial charge on any atom is -0.480 e. The monoisotopic (exact) mass is 302 g/mol. The van der Waals surface area contributed by atoms with Gasteiger partial charge >= 0.3 is 5.97 Å². The molecule has 0 unspecified atom stereocenters. The molecule has 0 heterocycles. The number of halogens is 1. The number of hydrogen-bond acceptors (Lipinski definition) is 3. The maximum Gasteiger partial charge on any atom is 0.320 e. The van der Waals surface area contributed by atoms with Crippen molar-refractivity contribution in [3.63, 3.8) is 0 Å². The molecule has 1 aliphatic rings. The summed E-state index contributed by atoms with van der Waals surface area (Å²) < 4.78 is 0.0329. The van der Waals surface area contributed by atoms with Gasteiger partial charge in [-0.2, -0.15) is 0 Å². The van der Waals surface area contributed by atoms with Crippen molar-refractivity contribution >= 4 is 33.7 Å². The number of thioether (sulfide) groups is 1. The molecule has 16 heavy (non-hydrogen) atoms. The number of hydrogen-bond donors (Lipinski definition) is 2. The number of carboxylic acid groups (broad SMARTS) is 1. The molecule has 0 aromatic heterocycles. The second-order valence-corrected chi connectivity index (χ2v) is 6.17. The molecule has 0 radical (unpaired) electrons. The van der Waals surface area contributed by atoms with Crippen LogP contribution in [0, 0.1) is 0 Å². The topological polar surface area (TPSA) is 57.5 Å². The second kappa shape index (κ2) is 4.39. The lowest BCUT2D eigenvalue weighted by Crippen LogP contribution is -2.50. The molecule has 86 valence electrons. The average molecular weight is 303 g/mol. The summed E-state index contributed by atoms with van der Waals surface area (Å²) in [7, 11) is 0. The summed E-state index contributed by atoms with van der Waals surface area (Å²) in [5, 5.41) is 18.5. The van der Waals surface area contributed by atoms with Gasteiger partial charge in [-0.25, -0.2) is 0 Å². The van der Waals surface area contributed by atoms with Gasteiger partial charge in [0, 0.05) is 9.37 Å². The van der Waals surface area contributed by atoms with Gasteiger partial charge in [0.05, 0.1) is 6.10 Å². The van der Waals surface area contributed by atoms with Crippen LogP contribution >= 0.6 is 27.7 Å². The van der Waals surface area contributed by atoms with Crippen molar-refractivity contribution < 1.29 is 15.0 Å². The van der Waals surface area contributed by atoms with Gasteiger partial charge in [0.25, 0.3) is 0 Å². The van der Waals surface area contributed by atoms with Crippen LogP contribution in [-0.4, -0.2) is 27.0 Å². The number of aliphatic hydroxyl groups is 1.